The lowest BCUT2D eigenvalue weighted by Gasteiger charge is -2.20. The number of para-hydroxylation sites is 1. The zero-order valence-corrected chi connectivity index (χ0v) is 26.6. The summed E-state index contributed by atoms with van der Waals surface area (Å²) in [7, 11) is 0. The summed E-state index contributed by atoms with van der Waals surface area (Å²) in [4.78, 5) is 4.81. The fourth-order valence-corrected chi connectivity index (χ4v) is 6.15. The quantitative estimate of drug-likeness (QED) is 0.139. The maximum Gasteiger partial charge on any atom is 0.268 e. The second-order valence-electron chi connectivity index (χ2n) is 12.8. The highest BCUT2D eigenvalue weighted by molar-refractivity contribution is 6.09. The van der Waals surface area contributed by atoms with Crippen molar-refractivity contribution in [2.75, 3.05) is 0 Å². The first-order valence-corrected chi connectivity index (χ1v) is 15.9. The maximum absolute atomic E-state index is 6.49. The van der Waals surface area contributed by atoms with E-state index in [2.05, 4.69) is 135 Å². The molecule has 0 saturated carbocycles. The zero-order valence-electron chi connectivity index (χ0n) is 26.6. The van der Waals surface area contributed by atoms with Crippen LogP contribution in [0.15, 0.2) is 152 Å². The molecule has 0 radical (unpaired) electrons. The Kier molecular flexibility index (Phi) is 6.95. The van der Waals surface area contributed by atoms with Gasteiger partial charge >= 0.3 is 0 Å². The molecule has 3 aromatic heterocycles. The summed E-state index contributed by atoms with van der Waals surface area (Å²) in [5.74, 6) is 2.41. The van der Waals surface area contributed by atoms with Gasteiger partial charge in [0, 0.05) is 35.4 Å². The van der Waals surface area contributed by atoms with Crippen molar-refractivity contribution >= 4 is 21.8 Å². The monoisotopic (exact) mass is 610 g/mol. The minimum Gasteiger partial charge on any atom is -0.458 e. The second kappa shape index (κ2) is 11.5. The summed E-state index contributed by atoms with van der Waals surface area (Å²) < 4.78 is 12.7. The molecule has 0 aliphatic heterocycles. The molecule has 0 amide bonds. The van der Waals surface area contributed by atoms with Crippen LogP contribution in [0.2, 0.25) is 0 Å². The zero-order chi connectivity index (χ0) is 32.0. The fraction of sp³-hybridized carbons (Fsp3) is 0.0952. The summed E-state index contributed by atoms with van der Waals surface area (Å²) >= 11 is 0. The first-order valence-electron chi connectivity index (χ1n) is 15.9. The van der Waals surface area contributed by atoms with E-state index in [1.165, 1.54) is 22.1 Å². The van der Waals surface area contributed by atoms with Gasteiger partial charge < -0.3 is 4.74 Å². The highest BCUT2D eigenvalue weighted by Crippen LogP contribution is 2.36. The van der Waals surface area contributed by atoms with Crippen LogP contribution in [0.25, 0.3) is 50.1 Å². The summed E-state index contributed by atoms with van der Waals surface area (Å²) in [6.07, 6.45) is 9.37. The van der Waals surface area contributed by atoms with Crippen LogP contribution in [0.3, 0.4) is 0 Å². The van der Waals surface area contributed by atoms with Crippen molar-refractivity contribution in [3.05, 3.63) is 164 Å². The molecular formula is C42H34N4O. The van der Waals surface area contributed by atoms with Gasteiger partial charge in [-0.1, -0.05) is 87.5 Å². The van der Waals surface area contributed by atoms with Crippen LogP contribution in [0, 0.1) is 6.33 Å². The van der Waals surface area contributed by atoms with Gasteiger partial charge in [-0.3, -0.25) is 13.7 Å². The van der Waals surface area contributed by atoms with Gasteiger partial charge in [-0.25, -0.2) is 4.98 Å². The number of aromatic nitrogens is 4. The van der Waals surface area contributed by atoms with E-state index in [-0.39, 0.29) is 5.41 Å². The van der Waals surface area contributed by atoms with Gasteiger partial charge in [0.2, 0.25) is 0 Å². The van der Waals surface area contributed by atoms with Crippen molar-refractivity contribution in [2.24, 2.45) is 0 Å². The smallest absolute Gasteiger partial charge is 0.268 e. The molecule has 8 rings (SSSR count). The van der Waals surface area contributed by atoms with E-state index in [0.29, 0.717) is 0 Å². The summed E-state index contributed by atoms with van der Waals surface area (Å²) in [6.45, 7) is 6.69. The van der Waals surface area contributed by atoms with Gasteiger partial charge in [0.15, 0.2) is 0 Å². The number of rotatable bonds is 6. The Labute approximate surface area is 274 Å². The molecule has 8 aromatic rings. The Bertz CT molecular complexity index is 2360. The Hall–Kier alpha value is -5.94. The molecule has 0 aliphatic carbocycles. The van der Waals surface area contributed by atoms with Crippen LogP contribution >= 0.6 is 0 Å². The Morgan fingerprint density at radius 2 is 1.40 bits per heavy atom. The van der Waals surface area contributed by atoms with Gasteiger partial charge in [-0.15, -0.1) is 0 Å². The van der Waals surface area contributed by atoms with Crippen LogP contribution in [0.1, 0.15) is 26.3 Å². The van der Waals surface area contributed by atoms with Crippen molar-refractivity contribution in [2.45, 2.75) is 26.2 Å². The number of hydrogen-bond acceptors (Lipinski definition) is 2. The maximum atomic E-state index is 6.49. The number of pyridine rings is 1. The lowest BCUT2D eigenvalue weighted by atomic mass is 9.88. The highest BCUT2D eigenvalue weighted by Gasteiger charge is 2.18. The van der Waals surface area contributed by atoms with Gasteiger partial charge in [-0.05, 0) is 82.8 Å². The van der Waals surface area contributed by atoms with E-state index in [1.54, 1.807) is 0 Å². The number of benzene rings is 5. The van der Waals surface area contributed by atoms with Gasteiger partial charge in [-0.2, -0.15) is 0 Å². The molecule has 0 atom stereocenters. The van der Waals surface area contributed by atoms with Crippen LogP contribution in [-0.4, -0.2) is 14.1 Å². The van der Waals surface area contributed by atoms with Crippen LogP contribution in [0.5, 0.6) is 11.5 Å². The number of hydrogen-bond donors (Lipinski definition) is 0. The molecule has 0 bridgehead atoms. The lowest BCUT2D eigenvalue weighted by molar-refractivity contribution is -0.599. The van der Waals surface area contributed by atoms with Gasteiger partial charge in [0.25, 0.3) is 6.33 Å². The van der Waals surface area contributed by atoms with Gasteiger partial charge in [0.1, 0.15) is 17.3 Å². The first kappa shape index (κ1) is 28.5. The van der Waals surface area contributed by atoms with E-state index in [1.807, 2.05) is 58.1 Å². The topological polar surface area (TPSA) is 35.9 Å². The second-order valence-corrected chi connectivity index (χ2v) is 12.8. The molecule has 0 aliphatic rings. The fourth-order valence-electron chi connectivity index (χ4n) is 6.15. The van der Waals surface area contributed by atoms with Crippen LogP contribution in [0.4, 0.5) is 0 Å². The largest absolute Gasteiger partial charge is 0.458 e. The highest BCUT2D eigenvalue weighted by atomic mass is 16.5. The molecule has 0 saturated heterocycles. The van der Waals surface area contributed by atoms with E-state index >= 15 is 0 Å². The molecule has 5 aromatic carbocycles. The molecular weight excluding hydrogens is 576 g/mol. The normalized spacial score (nSPS) is 11.7. The molecule has 47 heavy (non-hydrogen) atoms. The van der Waals surface area contributed by atoms with Crippen LogP contribution in [-0.2, 0) is 5.41 Å². The summed E-state index contributed by atoms with van der Waals surface area (Å²) in [5.41, 5.74) is 7.82. The molecule has 0 N–H and O–H groups in total. The molecule has 3 heterocycles. The molecule has 0 spiro atoms. The third-order valence-corrected chi connectivity index (χ3v) is 8.65. The van der Waals surface area contributed by atoms with Crippen molar-refractivity contribution in [1.82, 2.24) is 14.1 Å². The Balaban J connectivity index is 1.10. The summed E-state index contributed by atoms with van der Waals surface area (Å²) in [5, 5.41) is 2.35. The summed E-state index contributed by atoms with van der Waals surface area (Å²) in [6, 6.07) is 46.1. The number of imidazole rings is 1. The van der Waals surface area contributed by atoms with E-state index in [4.69, 9.17) is 9.72 Å². The van der Waals surface area contributed by atoms with Crippen molar-refractivity contribution in [3.8, 4) is 39.8 Å². The molecule has 5 heteroatoms. The van der Waals surface area contributed by atoms with Crippen molar-refractivity contribution in [3.63, 3.8) is 0 Å². The minimum absolute atomic E-state index is 0.0130. The van der Waals surface area contributed by atoms with E-state index in [9.17, 15) is 0 Å². The van der Waals surface area contributed by atoms with E-state index < -0.39 is 0 Å². The molecule has 5 nitrogen and oxygen atoms in total. The lowest BCUT2D eigenvalue weighted by Crippen LogP contribution is -2.27. The van der Waals surface area contributed by atoms with E-state index in [0.717, 1.165) is 45.1 Å². The first-order chi connectivity index (χ1) is 22.9. The molecule has 0 unspecified atom stereocenters. The Morgan fingerprint density at radius 3 is 2.23 bits per heavy atom. The third-order valence-electron chi connectivity index (χ3n) is 8.65. The minimum atomic E-state index is 0.0130. The SMILES string of the molecule is CC(C)(C)c1ccnc(-n2c3ccccc3c3ccc(Oc4cccc(-n5[c-][n+](-c6ccc(-c7ccccc7)cc6)cc5)c4)cc32)c1. The standard InChI is InChI=1S/C42H34N4O/c1-42(2,3)32-22-23-43-41(26-32)46-39-15-8-7-14-37(39)38-21-20-36(28-40(38)46)47-35-13-9-12-34(27-35)45-25-24-44(29-45)33-18-16-31(17-19-33)30-10-5-4-6-11-30/h4-28H,1-3H3. The number of ether oxygens (including phenoxy) is 1. The Morgan fingerprint density at radius 1 is 0.660 bits per heavy atom. The predicted molar refractivity (Wildman–Crippen MR) is 189 cm³/mol. The van der Waals surface area contributed by atoms with Crippen LogP contribution < -0.4 is 9.30 Å². The average Bonchev–Trinajstić information content (AvgIpc) is 3.72. The predicted octanol–water partition coefficient (Wildman–Crippen LogP) is 9.80. The van der Waals surface area contributed by atoms with Crippen molar-refractivity contribution < 1.29 is 9.30 Å². The van der Waals surface area contributed by atoms with Gasteiger partial charge in [0.05, 0.1) is 22.4 Å². The average molecular weight is 611 g/mol. The van der Waals surface area contributed by atoms with Crippen molar-refractivity contribution in [1.29, 1.82) is 0 Å². The third kappa shape index (κ3) is 5.46. The molecule has 0 fully saturated rings. The number of fused-ring (bicyclic) bond motifs is 3. The molecule has 228 valence electrons. The number of nitrogens with zero attached hydrogens (tertiary/aromatic N) is 4.